The Bertz CT molecular complexity index is 1180. The summed E-state index contributed by atoms with van der Waals surface area (Å²) >= 11 is 0. The first-order valence-corrected chi connectivity index (χ1v) is 11.8. The van der Waals surface area contributed by atoms with E-state index in [-0.39, 0.29) is 18.2 Å². The molecule has 1 atom stereocenters. The standard InChI is InChI=1S/C29H33N3O2/c1-20-8-4-6-10-24(20)22-14-12-21(13-15-22)19-32-26-11-7-5-9-23(26)16-17-25(28(32)34)31-27(33)18-29(2,3)30/h4-15,25H,16-19,30H2,1-3H3,(H,31,33)/t25-/m1/s1. The third-order valence-electron chi connectivity index (χ3n) is 6.25. The minimum absolute atomic E-state index is 0.0869. The van der Waals surface area contributed by atoms with Gasteiger partial charge in [-0.25, -0.2) is 0 Å². The molecule has 4 rings (SSSR count). The quantitative estimate of drug-likeness (QED) is 0.563. The number of rotatable bonds is 6. The summed E-state index contributed by atoms with van der Waals surface area (Å²) in [5.74, 6) is -0.282. The van der Waals surface area contributed by atoms with E-state index in [0.29, 0.717) is 13.0 Å². The van der Waals surface area contributed by atoms with Crippen molar-refractivity contribution in [1.82, 2.24) is 5.32 Å². The van der Waals surface area contributed by atoms with Crippen LogP contribution in [0.3, 0.4) is 0 Å². The van der Waals surface area contributed by atoms with Crippen LogP contribution in [0.4, 0.5) is 5.69 Å². The van der Waals surface area contributed by atoms with E-state index in [2.05, 4.69) is 54.7 Å². The van der Waals surface area contributed by atoms with E-state index >= 15 is 0 Å². The first-order valence-electron chi connectivity index (χ1n) is 11.8. The van der Waals surface area contributed by atoms with Gasteiger partial charge in [-0.15, -0.1) is 0 Å². The van der Waals surface area contributed by atoms with Gasteiger partial charge < -0.3 is 16.0 Å². The van der Waals surface area contributed by atoms with Gasteiger partial charge in [0, 0.05) is 17.6 Å². The lowest BCUT2D eigenvalue weighted by atomic mass is 9.99. The number of carbonyl (C=O) groups excluding carboxylic acids is 2. The number of amides is 2. The number of hydrogen-bond donors (Lipinski definition) is 2. The summed E-state index contributed by atoms with van der Waals surface area (Å²) < 4.78 is 0. The predicted octanol–water partition coefficient (Wildman–Crippen LogP) is 4.75. The number of carbonyl (C=O) groups is 2. The van der Waals surface area contributed by atoms with Gasteiger partial charge in [0.25, 0.3) is 0 Å². The minimum Gasteiger partial charge on any atom is -0.344 e. The molecule has 34 heavy (non-hydrogen) atoms. The van der Waals surface area contributed by atoms with E-state index in [0.717, 1.165) is 28.8 Å². The second-order valence-electron chi connectivity index (χ2n) is 9.89. The van der Waals surface area contributed by atoms with Crippen LogP contribution in [0.1, 0.15) is 43.4 Å². The molecule has 0 aliphatic carbocycles. The van der Waals surface area contributed by atoms with Crippen molar-refractivity contribution in [2.24, 2.45) is 5.73 Å². The average Bonchev–Trinajstić information content (AvgIpc) is 2.91. The van der Waals surface area contributed by atoms with Gasteiger partial charge >= 0.3 is 0 Å². The van der Waals surface area contributed by atoms with Crippen molar-refractivity contribution in [2.45, 2.75) is 58.2 Å². The molecule has 0 aromatic heterocycles. The predicted molar refractivity (Wildman–Crippen MR) is 137 cm³/mol. The van der Waals surface area contributed by atoms with Gasteiger partial charge in [0.2, 0.25) is 11.8 Å². The maximum absolute atomic E-state index is 13.6. The second kappa shape index (κ2) is 9.82. The Labute approximate surface area is 202 Å². The molecule has 0 unspecified atom stereocenters. The highest BCUT2D eigenvalue weighted by atomic mass is 16.2. The number of anilines is 1. The van der Waals surface area contributed by atoms with Crippen LogP contribution in [-0.4, -0.2) is 23.4 Å². The monoisotopic (exact) mass is 455 g/mol. The number of benzene rings is 3. The summed E-state index contributed by atoms with van der Waals surface area (Å²) in [5, 5.41) is 2.94. The van der Waals surface area contributed by atoms with Crippen LogP contribution in [0.25, 0.3) is 11.1 Å². The summed E-state index contributed by atoms with van der Waals surface area (Å²) in [7, 11) is 0. The summed E-state index contributed by atoms with van der Waals surface area (Å²) in [6.07, 6.45) is 1.46. The first kappa shape index (κ1) is 23.7. The molecular weight excluding hydrogens is 422 g/mol. The van der Waals surface area contributed by atoms with E-state index in [9.17, 15) is 9.59 Å². The molecule has 3 aromatic rings. The number of nitrogens with two attached hydrogens (primary N) is 1. The van der Waals surface area contributed by atoms with Crippen molar-refractivity contribution in [3.63, 3.8) is 0 Å². The van der Waals surface area contributed by atoms with Crippen LogP contribution >= 0.6 is 0 Å². The zero-order chi connectivity index (χ0) is 24.3. The van der Waals surface area contributed by atoms with Gasteiger partial charge in [-0.2, -0.15) is 0 Å². The molecule has 176 valence electrons. The fourth-order valence-corrected chi connectivity index (χ4v) is 4.54. The highest BCUT2D eigenvalue weighted by Crippen LogP contribution is 2.30. The Morgan fingerprint density at radius 1 is 1.03 bits per heavy atom. The summed E-state index contributed by atoms with van der Waals surface area (Å²) in [6, 6.07) is 24.1. The fourth-order valence-electron chi connectivity index (χ4n) is 4.54. The van der Waals surface area contributed by atoms with E-state index in [1.165, 1.54) is 11.1 Å². The average molecular weight is 456 g/mol. The van der Waals surface area contributed by atoms with Crippen molar-refractivity contribution < 1.29 is 9.59 Å². The molecule has 0 fully saturated rings. The normalized spacial score (nSPS) is 16.1. The lowest BCUT2D eigenvalue weighted by Gasteiger charge is -2.27. The minimum atomic E-state index is -0.626. The van der Waals surface area contributed by atoms with Crippen molar-refractivity contribution in [1.29, 1.82) is 0 Å². The molecule has 1 aliphatic rings. The number of hydrogen-bond acceptors (Lipinski definition) is 3. The van der Waals surface area contributed by atoms with Crippen molar-refractivity contribution in [3.05, 3.63) is 89.5 Å². The molecule has 0 saturated heterocycles. The lowest BCUT2D eigenvalue weighted by Crippen LogP contribution is -2.49. The molecule has 0 saturated carbocycles. The van der Waals surface area contributed by atoms with Crippen LogP contribution in [0.15, 0.2) is 72.8 Å². The first-order chi connectivity index (χ1) is 16.2. The Morgan fingerprint density at radius 2 is 1.71 bits per heavy atom. The van der Waals surface area contributed by atoms with Crippen LogP contribution in [0.2, 0.25) is 0 Å². The molecule has 0 bridgehead atoms. The third kappa shape index (κ3) is 5.54. The summed E-state index contributed by atoms with van der Waals surface area (Å²) in [6.45, 7) is 6.17. The molecular formula is C29H33N3O2. The number of para-hydroxylation sites is 1. The van der Waals surface area contributed by atoms with Crippen molar-refractivity contribution in [2.75, 3.05) is 4.90 Å². The van der Waals surface area contributed by atoms with Crippen molar-refractivity contribution in [3.8, 4) is 11.1 Å². The maximum Gasteiger partial charge on any atom is 0.249 e. The second-order valence-corrected chi connectivity index (χ2v) is 9.89. The topological polar surface area (TPSA) is 75.4 Å². The third-order valence-corrected chi connectivity index (χ3v) is 6.25. The largest absolute Gasteiger partial charge is 0.344 e. The molecule has 0 radical (unpaired) electrons. The molecule has 5 nitrogen and oxygen atoms in total. The van der Waals surface area contributed by atoms with E-state index in [1.54, 1.807) is 0 Å². The lowest BCUT2D eigenvalue weighted by molar-refractivity contribution is -0.128. The number of nitrogens with zero attached hydrogens (tertiary/aromatic N) is 1. The molecule has 3 aromatic carbocycles. The van der Waals surface area contributed by atoms with Crippen LogP contribution < -0.4 is 16.0 Å². The summed E-state index contributed by atoms with van der Waals surface area (Å²) in [5.41, 5.74) is 12.0. The van der Waals surface area contributed by atoms with Gasteiger partial charge in [-0.1, -0.05) is 66.7 Å². The Kier molecular flexibility index (Phi) is 6.85. The highest BCUT2D eigenvalue weighted by Gasteiger charge is 2.32. The van der Waals surface area contributed by atoms with Crippen LogP contribution in [0, 0.1) is 6.92 Å². The van der Waals surface area contributed by atoms with Gasteiger partial charge in [-0.3, -0.25) is 9.59 Å². The zero-order valence-electron chi connectivity index (χ0n) is 20.2. The van der Waals surface area contributed by atoms with Crippen molar-refractivity contribution >= 4 is 17.5 Å². The summed E-state index contributed by atoms with van der Waals surface area (Å²) in [4.78, 5) is 28.0. The van der Waals surface area contributed by atoms with Gasteiger partial charge in [0.05, 0.1) is 6.54 Å². The molecule has 1 heterocycles. The Balaban J connectivity index is 1.58. The van der Waals surface area contributed by atoms with Gasteiger partial charge in [0.15, 0.2) is 0 Å². The molecule has 1 aliphatic heterocycles. The highest BCUT2D eigenvalue weighted by molar-refractivity contribution is 6.00. The van der Waals surface area contributed by atoms with Crippen LogP contribution in [-0.2, 0) is 22.6 Å². The molecule has 3 N–H and O–H groups in total. The van der Waals surface area contributed by atoms with E-state index in [1.807, 2.05) is 49.1 Å². The SMILES string of the molecule is Cc1ccccc1-c1ccc(CN2C(=O)[C@H](NC(=O)CC(C)(C)N)CCc3ccccc32)cc1. The Morgan fingerprint density at radius 3 is 2.41 bits per heavy atom. The van der Waals surface area contributed by atoms with E-state index in [4.69, 9.17) is 5.73 Å². The molecule has 5 heteroatoms. The number of nitrogens with one attached hydrogen (secondary N) is 1. The number of aryl methyl sites for hydroxylation is 2. The Hall–Kier alpha value is -3.44. The fraction of sp³-hybridized carbons (Fsp3) is 0.310. The van der Waals surface area contributed by atoms with Gasteiger partial charge in [-0.05, 0) is 67.5 Å². The smallest absolute Gasteiger partial charge is 0.249 e. The molecule has 2 amide bonds. The van der Waals surface area contributed by atoms with E-state index < -0.39 is 11.6 Å². The van der Waals surface area contributed by atoms with Crippen LogP contribution in [0.5, 0.6) is 0 Å². The number of fused-ring (bicyclic) bond motifs is 1. The van der Waals surface area contributed by atoms with Gasteiger partial charge in [0.1, 0.15) is 6.04 Å². The molecule has 0 spiro atoms. The zero-order valence-corrected chi connectivity index (χ0v) is 20.2. The maximum atomic E-state index is 13.6.